The Morgan fingerprint density at radius 3 is 0.935 bits per heavy atom. The van der Waals surface area contributed by atoms with Gasteiger partial charge < -0.3 is 26.5 Å². The van der Waals surface area contributed by atoms with E-state index < -0.39 is 15.2 Å². The maximum atomic E-state index is 13.2. The van der Waals surface area contributed by atoms with E-state index in [1.54, 1.807) is 0 Å². The molecule has 0 atom stereocenters. The van der Waals surface area contributed by atoms with E-state index in [0.29, 0.717) is 12.8 Å². The number of rotatable bonds is 13. The van der Waals surface area contributed by atoms with Gasteiger partial charge in [-0.05, 0) is 71.4 Å². The largest absolute Gasteiger partial charge is 1.00 e. The Labute approximate surface area is 387 Å². The molecule has 0 aliphatic heterocycles. The summed E-state index contributed by atoms with van der Waals surface area (Å²) in [5, 5.41) is 7.98. The Bertz CT molecular complexity index is 2260. The summed E-state index contributed by atoms with van der Waals surface area (Å²) in [5.74, 6) is -0.414. The molecule has 0 heterocycles. The first-order valence-corrected chi connectivity index (χ1v) is 24.5. The number of hydrogen-bond acceptors (Lipinski definition) is 4. The van der Waals surface area contributed by atoms with E-state index in [2.05, 4.69) is 143 Å². The van der Waals surface area contributed by atoms with Crippen molar-refractivity contribution in [3.05, 3.63) is 254 Å². The topological polar surface area (TPSA) is 52.6 Å². The van der Waals surface area contributed by atoms with Crippen molar-refractivity contribution in [3.63, 3.8) is 0 Å². The summed E-state index contributed by atoms with van der Waals surface area (Å²) in [5.41, 5.74) is 2.00. The zero-order valence-electron chi connectivity index (χ0n) is 34.2. The lowest BCUT2D eigenvalue weighted by atomic mass is 10.2. The molecule has 0 N–H and O–H groups in total. The van der Waals surface area contributed by atoms with Crippen LogP contribution in [0.15, 0.2) is 243 Å². The van der Waals surface area contributed by atoms with Gasteiger partial charge >= 0.3 is 11.9 Å². The van der Waals surface area contributed by atoms with E-state index in [4.69, 9.17) is 9.47 Å². The molecule has 62 heavy (non-hydrogen) atoms. The van der Waals surface area contributed by atoms with Crippen molar-refractivity contribution >= 4 is 74.9 Å². The zero-order chi connectivity index (χ0) is 42.4. The Balaban J connectivity index is 0.000000194. The van der Waals surface area contributed by atoms with Crippen LogP contribution in [-0.2, 0) is 32.3 Å². The molecule has 0 aliphatic rings. The van der Waals surface area contributed by atoms with Gasteiger partial charge in [-0.15, -0.1) is 0 Å². The van der Waals surface area contributed by atoms with Crippen molar-refractivity contribution in [2.24, 2.45) is 0 Å². The van der Waals surface area contributed by atoms with Crippen LogP contribution in [0.2, 0.25) is 0 Å². The van der Waals surface area contributed by atoms with Crippen LogP contribution >= 0.6 is 31.1 Å². The number of esters is 2. The highest BCUT2D eigenvalue weighted by atomic mass is 79.9. The number of carbonyl (C=O) groups is 2. The van der Waals surface area contributed by atoms with Crippen molar-refractivity contribution in [2.75, 3.05) is 11.5 Å². The molecule has 0 spiro atoms. The minimum atomic E-state index is -2.21. The van der Waals surface area contributed by atoms with Crippen LogP contribution < -0.4 is 48.8 Å². The van der Waals surface area contributed by atoms with Crippen LogP contribution in [0.25, 0.3) is 0 Å². The Morgan fingerprint density at radius 1 is 0.387 bits per heavy atom. The lowest BCUT2D eigenvalue weighted by Crippen LogP contribution is -3.00. The fourth-order valence-corrected chi connectivity index (χ4v) is 13.1. The molecule has 8 aromatic rings. The van der Waals surface area contributed by atoms with Crippen LogP contribution in [0.4, 0.5) is 0 Å². The predicted octanol–water partition coefficient (Wildman–Crippen LogP) is 7.30. The lowest BCUT2D eigenvalue weighted by Gasteiger charge is -2.26. The summed E-state index contributed by atoms with van der Waals surface area (Å²) >= 11 is 3.01. The number of hydrogen-bond donors (Lipinski definition) is 0. The van der Waals surface area contributed by atoms with Crippen molar-refractivity contribution in [3.8, 4) is 0 Å². The second-order valence-corrected chi connectivity index (χ2v) is 20.0. The lowest BCUT2D eigenvalue weighted by molar-refractivity contribution is -0.142. The monoisotopic (exact) mass is 980 g/mol. The van der Waals surface area contributed by atoms with Crippen molar-refractivity contribution in [1.82, 2.24) is 0 Å². The number of benzene rings is 8. The number of carbonyl (C=O) groups excluding carboxylic acids is 2. The molecule has 312 valence electrons. The zero-order valence-corrected chi connectivity index (χ0v) is 39.2. The van der Waals surface area contributed by atoms with E-state index in [0.717, 1.165) is 11.1 Å². The summed E-state index contributed by atoms with van der Waals surface area (Å²) in [7, 11) is -2.65. The van der Waals surface area contributed by atoms with Crippen molar-refractivity contribution < 1.29 is 36.0 Å². The summed E-state index contributed by atoms with van der Waals surface area (Å²) in [4.78, 5) is 23.9. The fourth-order valence-electron chi connectivity index (χ4n) is 6.70. The first-order valence-electron chi connectivity index (χ1n) is 20.0. The van der Waals surface area contributed by atoms with E-state index in [9.17, 15) is 9.59 Å². The molecule has 8 aromatic carbocycles. The van der Waals surface area contributed by atoms with Crippen LogP contribution in [0.1, 0.15) is 11.1 Å². The van der Waals surface area contributed by atoms with E-state index in [1.807, 2.05) is 115 Å². The Morgan fingerprint density at radius 2 is 0.645 bits per heavy atom. The summed E-state index contributed by atoms with van der Waals surface area (Å²) in [6.45, 7) is 0.642. The van der Waals surface area contributed by atoms with Gasteiger partial charge in [0.1, 0.15) is 41.7 Å². The van der Waals surface area contributed by atoms with Gasteiger partial charge in [0, 0.05) is 0 Å². The van der Waals surface area contributed by atoms with Crippen LogP contribution in [0.5, 0.6) is 0 Å². The first-order chi connectivity index (χ1) is 30.1. The normalized spacial score (nSPS) is 10.4. The molecule has 8 rings (SSSR count). The maximum absolute atomic E-state index is 13.2. The minimum Gasteiger partial charge on any atom is -1.00 e. The average Bonchev–Trinajstić information content (AvgIpc) is 3.35. The molecule has 0 bridgehead atoms. The number of alkyl halides is 1. The van der Waals surface area contributed by atoms with E-state index in [-0.39, 0.29) is 40.9 Å². The Kier molecular flexibility index (Phi) is 20.0. The molecule has 0 radical (unpaired) electrons. The van der Waals surface area contributed by atoms with Crippen LogP contribution in [0.3, 0.4) is 0 Å². The second-order valence-electron chi connectivity index (χ2n) is 13.7. The molecule has 0 fully saturated rings. The van der Waals surface area contributed by atoms with Gasteiger partial charge in [-0.2, -0.15) is 0 Å². The second kappa shape index (κ2) is 26.1. The molecule has 8 heteroatoms. The molecule has 0 amide bonds. The van der Waals surface area contributed by atoms with Crippen molar-refractivity contribution in [1.29, 1.82) is 0 Å². The summed E-state index contributed by atoms with van der Waals surface area (Å²) in [6, 6.07) is 82.9. The standard InChI is InChI=1S/C27H24O2P.C18H15P.C9H9BrO2.BrH/c28-27(29-21-23-13-5-1-6-14-23)22-30(24-15-7-2-8-16-24,25-17-9-3-10-18-25)26-19-11-4-12-20-26;1-4-10-16(11-5-1)19(17-12-6-2-7-13-17)18-14-8-3-9-15-18;10-6-9(11)12-7-8-4-2-1-3-5-8;/h1-20H,21-22H2;1-15H;1-5H,6-7H2;1H/q+1;;;/p-1. The molecule has 0 saturated heterocycles. The highest BCUT2D eigenvalue weighted by molar-refractivity contribution is 9.09. The quantitative estimate of drug-likeness (QED) is 0.0693. The predicted molar refractivity (Wildman–Crippen MR) is 261 cm³/mol. The molecule has 0 unspecified atom stereocenters. The molecular formula is C54H48Br2O4P2. The third kappa shape index (κ3) is 14.0. The molecule has 0 aromatic heterocycles. The molecule has 0 saturated carbocycles. The van der Waals surface area contributed by atoms with Gasteiger partial charge in [0.2, 0.25) is 0 Å². The minimum absolute atomic E-state index is 0. The first kappa shape index (κ1) is 47.6. The van der Waals surface area contributed by atoms with E-state index >= 15 is 0 Å². The maximum Gasteiger partial charge on any atom is 0.345 e. The van der Waals surface area contributed by atoms with Gasteiger partial charge in [0.15, 0.2) is 6.16 Å². The van der Waals surface area contributed by atoms with Gasteiger partial charge in [-0.3, -0.25) is 4.79 Å². The molecule has 0 aliphatic carbocycles. The smallest absolute Gasteiger partial charge is 0.345 e. The van der Waals surface area contributed by atoms with Gasteiger partial charge in [-0.25, -0.2) is 4.79 Å². The van der Waals surface area contributed by atoms with Gasteiger partial charge in [0.05, 0.1) is 0 Å². The van der Waals surface area contributed by atoms with Gasteiger partial charge in [-0.1, -0.05) is 222 Å². The third-order valence-corrected chi connectivity index (χ3v) is 16.8. The number of ether oxygens (including phenoxy) is 2. The highest BCUT2D eigenvalue weighted by Crippen LogP contribution is 2.55. The Hall–Kier alpha value is -5.48. The summed E-state index contributed by atoms with van der Waals surface area (Å²) in [6.07, 6.45) is 0.331. The molecule has 4 nitrogen and oxygen atoms in total. The van der Waals surface area contributed by atoms with Crippen LogP contribution in [0, 0.1) is 0 Å². The van der Waals surface area contributed by atoms with Gasteiger partial charge in [0.25, 0.3) is 0 Å². The number of halogens is 2. The van der Waals surface area contributed by atoms with Crippen molar-refractivity contribution in [2.45, 2.75) is 13.2 Å². The van der Waals surface area contributed by atoms with E-state index in [1.165, 1.54) is 31.8 Å². The highest BCUT2D eigenvalue weighted by Gasteiger charge is 2.47. The SMILES string of the molecule is O=C(CBr)OCc1ccccc1.O=C(C[P+](c1ccccc1)(c1ccccc1)c1ccccc1)OCc1ccccc1.[Br-].c1ccc(P(c2ccccc2)c2ccccc2)cc1. The fraction of sp³-hybridized carbons (Fsp3) is 0.0741. The summed E-state index contributed by atoms with van der Waals surface area (Å²) < 4.78 is 10.6. The van der Waals surface area contributed by atoms with Crippen LogP contribution in [-0.4, -0.2) is 23.4 Å². The molecular weight excluding hydrogens is 934 g/mol. The average molecular weight is 983 g/mol. The third-order valence-electron chi connectivity index (χ3n) is 9.59.